The predicted molar refractivity (Wildman–Crippen MR) is 101 cm³/mol. The van der Waals surface area contributed by atoms with E-state index in [0.717, 1.165) is 43.0 Å². The van der Waals surface area contributed by atoms with Crippen molar-refractivity contribution in [3.05, 3.63) is 17.7 Å². The van der Waals surface area contributed by atoms with Gasteiger partial charge in [-0.15, -0.1) is 6.42 Å². The van der Waals surface area contributed by atoms with Crippen molar-refractivity contribution in [2.45, 2.75) is 38.6 Å². The molecule has 5 heteroatoms. The van der Waals surface area contributed by atoms with Gasteiger partial charge in [0.15, 0.2) is 0 Å². The van der Waals surface area contributed by atoms with Gasteiger partial charge in [0, 0.05) is 20.1 Å². The lowest BCUT2D eigenvalue weighted by Crippen LogP contribution is -2.38. The number of benzene rings is 1. The number of nitrogen functional groups attached to an aromatic ring is 1. The maximum atomic E-state index is 12.8. The highest BCUT2D eigenvalue weighted by molar-refractivity contribution is 6.02. The van der Waals surface area contributed by atoms with Crippen LogP contribution >= 0.6 is 0 Å². The molecule has 1 aliphatic carbocycles. The van der Waals surface area contributed by atoms with Crippen LogP contribution in [-0.2, 0) is 0 Å². The largest absolute Gasteiger partial charge is 0.397 e. The van der Waals surface area contributed by atoms with Gasteiger partial charge in [0.05, 0.1) is 29.2 Å². The van der Waals surface area contributed by atoms with E-state index in [1.54, 1.807) is 13.1 Å². The third-order valence-corrected chi connectivity index (χ3v) is 4.77. The number of rotatable bonds is 5. The molecule has 1 aromatic rings. The first-order chi connectivity index (χ1) is 11.5. The highest BCUT2D eigenvalue weighted by Gasteiger charge is 2.23. The molecule has 0 spiro atoms. The Balaban J connectivity index is 2.25. The van der Waals surface area contributed by atoms with Crippen LogP contribution in [0.2, 0.25) is 0 Å². The zero-order valence-corrected chi connectivity index (χ0v) is 14.9. The third-order valence-electron chi connectivity index (χ3n) is 4.77. The van der Waals surface area contributed by atoms with Gasteiger partial charge in [0.1, 0.15) is 0 Å². The number of nitrogens with one attached hydrogen (secondary N) is 2. The average molecular weight is 328 g/mol. The molecule has 0 radical (unpaired) electrons. The number of carbonyl (C=O) groups excluding carboxylic acids is 1. The molecule has 1 aromatic carbocycles. The first-order valence-electron chi connectivity index (χ1n) is 8.53. The molecule has 1 aliphatic rings. The lowest BCUT2D eigenvalue weighted by molar-refractivity contribution is 0.0923. The van der Waals surface area contributed by atoms with Crippen molar-refractivity contribution in [2.24, 2.45) is 5.92 Å². The number of amides is 1. The van der Waals surface area contributed by atoms with Gasteiger partial charge >= 0.3 is 0 Å². The van der Waals surface area contributed by atoms with E-state index in [1.807, 2.05) is 18.0 Å². The maximum Gasteiger partial charge on any atom is 0.253 e. The third kappa shape index (κ3) is 4.14. The van der Waals surface area contributed by atoms with E-state index in [9.17, 15) is 4.79 Å². The second-order valence-electron chi connectivity index (χ2n) is 6.70. The van der Waals surface area contributed by atoms with Crippen LogP contribution < -0.4 is 21.3 Å². The molecule has 4 N–H and O–H groups in total. The number of terminal acetylenes is 1. The van der Waals surface area contributed by atoms with E-state index in [0.29, 0.717) is 17.8 Å². The van der Waals surface area contributed by atoms with Crippen LogP contribution in [0.3, 0.4) is 0 Å². The molecule has 0 bridgehead atoms. The van der Waals surface area contributed by atoms with E-state index in [-0.39, 0.29) is 11.9 Å². The van der Waals surface area contributed by atoms with Crippen LogP contribution in [0.25, 0.3) is 0 Å². The minimum Gasteiger partial charge on any atom is -0.397 e. The number of hydrogen-bond donors (Lipinski definition) is 3. The Morgan fingerprint density at radius 3 is 2.62 bits per heavy atom. The Bertz CT molecular complexity index is 627. The summed E-state index contributed by atoms with van der Waals surface area (Å²) in [6.07, 6.45) is 9.82. The summed E-state index contributed by atoms with van der Waals surface area (Å²) in [4.78, 5) is 14.7. The minimum absolute atomic E-state index is 0.0808. The van der Waals surface area contributed by atoms with E-state index >= 15 is 0 Å². The lowest BCUT2D eigenvalue weighted by atomic mass is 9.87. The second-order valence-corrected chi connectivity index (χ2v) is 6.70. The number of anilines is 3. The van der Waals surface area contributed by atoms with Crippen LogP contribution in [0.15, 0.2) is 12.1 Å². The molecule has 0 saturated heterocycles. The molecule has 5 nitrogen and oxygen atoms in total. The van der Waals surface area contributed by atoms with Crippen molar-refractivity contribution < 1.29 is 4.79 Å². The van der Waals surface area contributed by atoms with Gasteiger partial charge in [0.25, 0.3) is 5.91 Å². The Hall–Kier alpha value is -2.35. The SMILES string of the molecule is C#CCN(C)c1cc(NC)c(N)cc1C(=O)NC1CCC(C)CC1. The van der Waals surface area contributed by atoms with Crippen LogP contribution in [0, 0.1) is 18.3 Å². The monoisotopic (exact) mass is 328 g/mol. The summed E-state index contributed by atoms with van der Waals surface area (Å²) < 4.78 is 0. The predicted octanol–water partition coefficient (Wildman–Crippen LogP) is 2.69. The van der Waals surface area contributed by atoms with Crippen LogP contribution in [0.5, 0.6) is 0 Å². The van der Waals surface area contributed by atoms with Crippen molar-refractivity contribution >= 4 is 23.0 Å². The highest BCUT2D eigenvalue weighted by atomic mass is 16.1. The van der Waals surface area contributed by atoms with Crippen molar-refractivity contribution in [3.63, 3.8) is 0 Å². The summed E-state index contributed by atoms with van der Waals surface area (Å²) in [6, 6.07) is 3.85. The molecule has 1 fully saturated rings. The summed E-state index contributed by atoms with van der Waals surface area (Å²) in [6.45, 7) is 2.69. The topological polar surface area (TPSA) is 70.4 Å². The second kappa shape index (κ2) is 7.96. The van der Waals surface area contributed by atoms with Gasteiger partial charge in [-0.05, 0) is 43.7 Å². The Morgan fingerprint density at radius 2 is 2.04 bits per heavy atom. The zero-order chi connectivity index (χ0) is 17.7. The normalized spacial score (nSPS) is 20.1. The van der Waals surface area contributed by atoms with Crippen LogP contribution in [-0.4, -0.2) is 32.6 Å². The highest BCUT2D eigenvalue weighted by Crippen LogP contribution is 2.30. The van der Waals surface area contributed by atoms with Gasteiger partial charge in [-0.1, -0.05) is 12.8 Å². The molecule has 0 aromatic heterocycles. The molecule has 0 aliphatic heterocycles. The fourth-order valence-electron chi connectivity index (χ4n) is 3.21. The van der Waals surface area contributed by atoms with E-state index in [4.69, 9.17) is 12.2 Å². The summed E-state index contributed by atoms with van der Waals surface area (Å²) in [7, 11) is 3.68. The van der Waals surface area contributed by atoms with Crippen molar-refractivity contribution in [1.29, 1.82) is 0 Å². The average Bonchev–Trinajstić information content (AvgIpc) is 2.56. The van der Waals surface area contributed by atoms with Crippen molar-refractivity contribution in [2.75, 3.05) is 36.6 Å². The Kier molecular flexibility index (Phi) is 5.97. The van der Waals surface area contributed by atoms with E-state index in [2.05, 4.69) is 23.5 Å². The minimum atomic E-state index is -0.0808. The maximum absolute atomic E-state index is 12.8. The molecule has 0 heterocycles. The van der Waals surface area contributed by atoms with E-state index < -0.39 is 0 Å². The molecular formula is C19H28N4O. The Labute approximate surface area is 145 Å². The van der Waals surface area contributed by atoms with Crippen LogP contribution in [0.1, 0.15) is 43.0 Å². The van der Waals surface area contributed by atoms with Crippen molar-refractivity contribution in [1.82, 2.24) is 5.32 Å². The molecule has 1 amide bonds. The fourth-order valence-corrected chi connectivity index (χ4v) is 3.21. The first kappa shape index (κ1) is 18.0. The molecule has 0 unspecified atom stereocenters. The zero-order valence-electron chi connectivity index (χ0n) is 14.9. The molecule has 130 valence electrons. The summed E-state index contributed by atoms with van der Waals surface area (Å²) in [5.74, 6) is 3.28. The number of carbonyl (C=O) groups is 1. The summed E-state index contributed by atoms with van der Waals surface area (Å²) in [5, 5.41) is 6.21. The number of nitrogens with two attached hydrogens (primary N) is 1. The first-order valence-corrected chi connectivity index (χ1v) is 8.53. The molecule has 1 saturated carbocycles. The van der Waals surface area contributed by atoms with Gasteiger partial charge in [0.2, 0.25) is 0 Å². The summed E-state index contributed by atoms with van der Waals surface area (Å²) >= 11 is 0. The number of hydrogen-bond acceptors (Lipinski definition) is 4. The summed E-state index contributed by atoms with van der Waals surface area (Å²) in [5.41, 5.74) is 8.76. The smallest absolute Gasteiger partial charge is 0.253 e. The van der Waals surface area contributed by atoms with Gasteiger partial charge in [-0.25, -0.2) is 0 Å². The van der Waals surface area contributed by atoms with Gasteiger partial charge in [-0.2, -0.15) is 0 Å². The molecule has 24 heavy (non-hydrogen) atoms. The van der Waals surface area contributed by atoms with Crippen molar-refractivity contribution in [3.8, 4) is 12.3 Å². The van der Waals surface area contributed by atoms with Crippen LogP contribution in [0.4, 0.5) is 17.1 Å². The quantitative estimate of drug-likeness (QED) is 0.574. The Morgan fingerprint density at radius 1 is 1.38 bits per heavy atom. The molecule has 2 rings (SSSR count). The number of nitrogens with zero attached hydrogens (tertiary/aromatic N) is 1. The molecule has 0 atom stereocenters. The lowest BCUT2D eigenvalue weighted by Gasteiger charge is -2.28. The van der Waals surface area contributed by atoms with E-state index in [1.165, 1.54) is 0 Å². The standard InChI is InChI=1S/C19H28N4O/c1-5-10-23(4)18-12-17(21-3)16(20)11-15(18)19(24)22-14-8-6-13(2)7-9-14/h1,11-14,21H,6-10,20H2,2-4H3,(H,22,24). The molecular weight excluding hydrogens is 300 g/mol. The van der Waals surface area contributed by atoms with Gasteiger partial charge in [-0.3, -0.25) is 4.79 Å². The van der Waals surface area contributed by atoms with Gasteiger partial charge < -0.3 is 21.3 Å². The fraction of sp³-hybridized carbons (Fsp3) is 0.526.